The quantitative estimate of drug-likeness (QED) is 0.863. The van der Waals surface area contributed by atoms with Crippen molar-refractivity contribution in [2.24, 2.45) is 0 Å². The third-order valence-electron chi connectivity index (χ3n) is 3.32. The van der Waals surface area contributed by atoms with Crippen molar-refractivity contribution in [3.63, 3.8) is 0 Å². The van der Waals surface area contributed by atoms with Crippen molar-refractivity contribution in [3.8, 4) is 0 Å². The van der Waals surface area contributed by atoms with Crippen LogP contribution in [0, 0.1) is 0 Å². The summed E-state index contributed by atoms with van der Waals surface area (Å²) in [7, 11) is 0. The fourth-order valence-corrected chi connectivity index (χ4v) is 2.09. The molecule has 17 heavy (non-hydrogen) atoms. The minimum atomic E-state index is -0.421. The zero-order chi connectivity index (χ0) is 12.4. The van der Waals surface area contributed by atoms with Gasteiger partial charge in [-0.25, -0.2) is 0 Å². The standard InChI is InChI=1S/C14H17NO2/c1-9(10(2)16)15-14(17)13-7-6-11-4-3-5-12(11)8-13/h6-9H,3-5H2,1-2H3,(H,15,17). The van der Waals surface area contributed by atoms with Crippen LogP contribution in [0.4, 0.5) is 0 Å². The number of carbonyl (C=O) groups is 2. The lowest BCUT2D eigenvalue weighted by Gasteiger charge is -2.11. The Balaban J connectivity index is 2.12. The molecule has 0 heterocycles. The molecule has 1 amide bonds. The smallest absolute Gasteiger partial charge is 0.251 e. The topological polar surface area (TPSA) is 46.2 Å². The van der Waals surface area contributed by atoms with Crippen LogP contribution in [0.5, 0.6) is 0 Å². The number of fused-ring (bicyclic) bond motifs is 1. The van der Waals surface area contributed by atoms with Crippen molar-refractivity contribution < 1.29 is 9.59 Å². The Bertz CT molecular complexity index is 465. The van der Waals surface area contributed by atoms with E-state index in [1.807, 2.05) is 18.2 Å². The maximum atomic E-state index is 11.9. The molecule has 0 aliphatic heterocycles. The van der Waals surface area contributed by atoms with Crippen LogP contribution in [0.3, 0.4) is 0 Å². The average molecular weight is 231 g/mol. The summed E-state index contributed by atoms with van der Waals surface area (Å²) in [5.41, 5.74) is 3.27. The van der Waals surface area contributed by atoms with Crippen molar-refractivity contribution in [3.05, 3.63) is 34.9 Å². The Hall–Kier alpha value is -1.64. The first-order valence-corrected chi connectivity index (χ1v) is 6.01. The summed E-state index contributed by atoms with van der Waals surface area (Å²) >= 11 is 0. The number of nitrogens with one attached hydrogen (secondary N) is 1. The van der Waals surface area contributed by atoms with E-state index in [9.17, 15) is 9.59 Å². The second kappa shape index (κ2) is 4.70. The second-order valence-corrected chi connectivity index (χ2v) is 4.64. The summed E-state index contributed by atoms with van der Waals surface area (Å²) in [6, 6.07) is 5.39. The Morgan fingerprint density at radius 2 is 1.94 bits per heavy atom. The number of Topliss-reactive ketones (excluding diaryl/α,β-unsaturated/α-hetero) is 1. The number of ketones is 1. The first-order chi connectivity index (χ1) is 8.08. The monoisotopic (exact) mass is 231 g/mol. The highest BCUT2D eigenvalue weighted by molar-refractivity contribution is 5.97. The van der Waals surface area contributed by atoms with E-state index < -0.39 is 6.04 Å². The largest absolute Gasteiger partial charge is 0.343 e. The van der Waals surface area contributed by atoms with Gasteiger partial charge in [0.05, 0.1) is 6.04 Å². The van der Waals surface area contributed by atoms with E-state index in [2.05, 4.69) is 5.32 Å². The summed E-state index contributed by atoms with van der Waals surface area (Å²) in [5.74, 6) is -0.193. The van der Waals surface area contributed by atoms with Crippen LogP contribution in [0.1, 0.15) is 41.8 Å². The lowest BCUT2D eigenvalue weighted by atomic mass is 10.1. The van der Waals surface area contributed by atoms with Crippen molar-refractivity contribution in [2.75, 3.05) is 0 Å². The normalized spacial score (nSPS) is 15.2. The Morgan fingerprint density at radius 3 is 2.65 bits per heavy atom. The van der Waals surface area contributed by atoms with Gasteiger partial charge in [-0.1, -0.05) is 6.07 Å². The molecule has 2 rings (SSSR count). The number of amides is 1. The predicted octanol–water partition coefficient (Wildman–Crippen LogP) is 1.88. The molecule has 1 aromatic rings. The molecule has 1 unspecified atom stereocenters. The lowest BCUT2D eigenvalue weighted by molar-refractivity contribution is -0.118. The van der Waals surface area contributed by atoms with Crippen molar-refractivity contribution >= 4 is 11.7 Å². The zero-order valence-corrected chi connectivity index (χ0v) is 10.2. The summed E-state index contributed by atoms with van der Waals surface area (Å²) < 4.78 is 0. The molecule has 0 radical (unpaired) electrons. The van der Waals surface area contributed by atoms with Crippen LogP contribution in [-0.4, -0.2) is 17.7 Å². The van der Waals surface area contributed by atoms with Gasteiger partial charge < -0.3 is 5.32 Å². The summed E-state index contributed by atoms with van der Waals surface area (Å²) in [4.78, 5) is 23.0. The lowest BCUT2D eigenvalue weighted by Crippen LogP contribution is -2.37. The Kier molecular flexibility index (Phi) is 3.27. The van der Waals surface area contributed by atoms with Gasteiger partial charge in [0.2, 0.25) is 0 Å². The number of aryl methyl sites for hydroxylation is 2. The molecule has 0 saturated carbocycles. The van der Waals surface area contributed by atoms with Gasteiger partial charge in [0.15, 0.2) is 5.78 Å². The number of carbonyl (C=O) groups excluding carboxylic acids is 2. The SMILES string of the molecule is CC(=O)C(C)NC(=O)c1ccc2c(c1)CCC2. The van der Waals surface area contributed by atoms with Crippen molar-refractivity contribution in [1.82, 2.24) is 5.32 Å². The van der Waals surface area contributed by atoms with Crippen molar-refractivity contribution in [1.29, 1.82) is 0 Å². The van der Waals surface area contributed by atoms with E-state index in [-0.39, 0.29) is 11.7 Å². The summed E-state index contributed by atoms with van der Waals surface area (Å²) in [5, 5.41) is 2.70. The highest BCUT2D eigenvalue weighted by atomic mass is 16.2. The van der Waals surface area contributed by atoms with Gasteiger partial charge in [0.25, 0.3) is 5.91 Å². The molecule has 0 bridgehead atoms. The van der Waals surface area contributed by atoms with Gasteiger partial charge in [0, 0.05) is 5.56 Å². The molecule has 1 aliphatic carbocycles. The predicted molar refractivity (Wildman–Crippen MR) is 66.1 cm³/mol. The Labute approximate surface area is 101 Å². The molecule has 1 aliphatic rings. The maximum absolute atomic E-state index is 11.9. The highest BCUT2D eigenvalue weighted by Gasteiger charge is 2.16. The number of rotatable bonds is 3. The molecule has 0 fully saturated rings. The fourth-order valence-electron chi connectivity index (χ4n) is 2.09. The minimum absolute atomic E-state index is 0.0282. The maximum Gasteiger partial charge on any atom is 0.251 e. The molecule has 0 spiro atoms. The van der Waals surface area contributed by atoms with Gasteiger partial charge in [-0.05, 0) is 56.4 Å². The van der Waals surface area contributed by atoms with Crippen LogP contribution in [0.25, 0.3) is 0 Å². The zero-order valence-electron chi connectivity index (χ0n) is 10.2. The van der Waals surface area contributed by atoms with Crippen LogP contribution in [-0.2, 0) is 17.6 Å². The van der Waals surface area contributed by atoms with E-state index in [1.54, 1.807) is 6.92 Å². The van der Waals surface area contributed by atoms with E-state index in [0.29, 0.717) is 5.56 Å². The molecule has 3 heteroatoms. The molecular formula is C14H17NO2. The van der Waals surface area contributed by atoms with Gasteiger partial charge in [-0.2, -0.15) is 0 Å². The van der Waals surface area contributed by atoms with E-state index in [1.165, 1.54) is 24.5 Å². The van der Waals surface area contributed by atoms with Crippen LogP contribution >= 0.6 is 0 Å². The highest BCUT2D eigenvalue weighted by Crippen LogP contribution is 2.22. The summed E-state index contributed by atoms with van der Waals surface area (Å²) in [6.07, 6.45) is 3.34. The molecule has 3 nitrogen and oxygen atoms in total. The number of benzene rings is 1. The van der Waals surface area contributed by atoms with E-state index in [0.717, 1.165) is 12.8 Å². The molecule has 1 N–H and O–H groups in total. The Morgan fingerprint density at radius 1 is 1.24 bits per heavy atom. The molecule has 0 aromatic heterocycles. The van der Waals surface area contributed by atoms with Gasteiger partial charge in [-0.3, -0.25) is 9.59 Å². The number of hydrogen-bond acceptors (Lipinski definition) is 2. The van der Waals surface area contributed by atoms with Crippen LogP contribution in [0.15, 0.2) is 18.2 Å². The van der Waals surface area contributed by atoms with Gasteiger partial charge >= 0.3 is 0 Å². The minimum Gasteiger partial charge on any atom is -0.343 e. The first kappa shape index (κ1) is 11.8. The van der Waals surface area contributed by atoms with Crippen molar-refractivity contribution in [2.45, 2.75) is 39.2 Å². The number of hydrogen-bond donors (Lipinski definition) is 1. The van der Waals surface area contributed by atoms with Gasteiger partial charge in [0.1, 0.15) is 0 Å². The van der Waals surface area contributed by atoms with Crippen LogP contribution in [0.2, 0.25) is 0 Å². The van der Waals surface area contributed by atoms with E-state index in [4.69, 9.17) is 0 Å². The molecular weight excluding hydrogens is 214 g/mol. The van der Waals surface area contributed by atoms with E-state index >= 15 is 0 Å². The third kappa shape index (κ3) is 2.54. The third-order valence-corrected chi connectivity index (χ3v) is 3.32. The average Bonchev–Trinajstić information content (AvgIpc) is 2.75. The molecule has 0 saturated heterocycles. The second-order valence-electron chi connectivity index (χ2n) is 4.64. The fraction of sp³-hybridized carbons (Fsp3) is 0.429. The summed E-state index contributed by atoms with van der Waals surface area (Å²) in [6.45, 7) is 3.18. The first-order valence-electron chi connectivity index (χ1n) is 6.01. The van der Waals surface area contributed by atoms with Gasteiger partial charge in [-0.15, -0.1) is 0 Å². The van der Waals surface area contributed by atoms with Crippen LogP contribution < -0.4 is 5.32 Å². The molecule has 90 valence electrons. The molecule has 1 aromatic carbocycles. The molecule has 1 atom stereocenters.